The monoisotopic (exact) mass is 238 g/mol. The lowest BCUT2D eigenvalue weighted by Gasteiger charge is -2.32. The van der Waals surface area contributed by atoms with Gasteiger partial charge in [0.1, 0.15) is 6.10 Å². The minimum Gasteiger partial charge on any atom is -0.388 e. The van der Waals surface area contributed by atoms with Crippen molar-refractivity contribution in [2.75, 3.05) is 13.7 Å². The predicted octanol–water partition coefficient (Wildman–Crippen LogP) is 1.33. The molecule has 1 fully saturated rings. The Morgan fingerprint density at radius 3 is 2.82 bits per heavy atom. The number of rotatable bonds is 4. The van der Waals surface area contributed by atoms with Crippen molar-refractivity contribution in [2.45, 2.75) is 31.5 Å². The minimum atomic E-state index is -0.559. The summed E-state index contributed by atoms with van der Waals surface area (Å²) in [4.78, 5) is 0. The van der Waals surface area contributed by atoms with Crippen LogP contribution in [0.25, 0.3) is 0 Å². The Hall–Kier alpha value is -0.940. The van der Waals surface area contributed by atoms with Crippen molar-refractivity contribution in [3.63, 3.8) is 0 Å². The van der Waals surface area contributed by atoms with Crippen molar-refractivity contribution in [1.29, 1.82) is 0 Å². The highest BCUT2D eigenvalue weighted by Gasteiger charge is 2.30. The molecule has 2 rings (SSSR count). The molecule has 1 aliphatic heterocycles. The highest BCUT2D eigenvalue weighted by molar-refractivity contribution is 5.13. The molecule has 1 aliphatic rings. The van der Waals surface area contributed by atoms with Crippen LogP contribution in [0.1, 0.15) is 12.0 Å². The molecule has 94 valence electrons. The smallest absolute Gasteiger partial charge is 0.160 e. The number of hydrogen-bond acceptors (Lipinski definition) is 4. The third kappa shape index (κ3) is 3.51. The van der Waals surface area contributed by atoms with Crippen LogP contribution in [0.2, 0.25) is 0 Å². The van der Waals surface area contributed by atoms with E-state index in [9.17, 15) is 5.11 Å². The maximum atomic E-state index is 9.57. The van der Waals surface area contributed by atoms with E-state index >= 15 is 0 Å². The first-order chi connectivity index (χ1) is 8.29. The molecule has 1 aromatic rings. The molecular weight excluding hydrogens is 220 g/mol. The Balaban J connectivity index is 1.80. The fourth-order valence-electron chi connectivity index (χ4n) is 1.86. The van der Waals surface area contributed by atoms with Crippen LogP contribution in [0.4, 0.5) is 0 Å². The fourth-order valence-corrected chi connectivity index (χ4v) is 1.86. The second-order valence-corrected chi connectivity index (χ2v) is 4.14. The summed E-state index contributed by atoms with van der Waals surface area (Å²) in [5.74, 6) is 0. The second-order valence-electron chi connectivity index (χ2n) is 4.14. The summed E-state index contributed by atoms with van der Waals surface area (Å²) in [5.41, 5.74) is 1.11. The number of aliphatic hydroxyl groups excluding tert-OH is 1. The van der Waals surface area contributed by atoms with Crippen molar-refractivity contribution in [3.05, 3.63) is 35.9 Å². The molecule has 0 saturated carbocycles. The van der Waals surface area contributed by atoms with Crippen LogP contribution in [0.3, 0.4) is 0 Å². The summed E-state index contributed by atoms with van der Waals surface area (Å²) in [6.07, 6.45) is -0.505. The van der Waals surface area contributed by atoms with Crippen LogP contribution < -0.4 is 0 Å². The van der Waals surface area contributed by atoms with Crippen molar-refractivity contribution >= 4 is 0 Å². The van der Waals surface area contributed by atoms with Gasteiger partial charge in [-0.05, 0) is 5.56 Å². The van der Waals surface area contributed by atoms with Gasteiger partial charge in [0.05, 0.1) is 19.3 Å². The summed E-state index contributed by atoms with van der Waals surface area (Å²) < 4.78 is 16.2. The Labute approximate surface area is 101 Å². The van der Waals surface area contributed by atoms with Gasteiger partial charge < -0.3 is 19.3 Å². The third-order valence-corrected chi connectivity index (χ3v) is 2.89. The molecule has 4 nitrogen and oxygen atoms in total. The standard InChI is InChI=1S/C13H18O4/c1-15-12-7-13(17-9-11(12)14)16-8-10-5-3-2-4-6-10/h2-6,11-14H,7-9H2,1H3/t11-,12-,13+/m0/s1. The van der Waals surface area contributed by atoms with Crippen molar-refractivity contribution in [2.24, 2.45) is 0 Å². The van der Waals surface area contributed by atoms with E-state index in [2.05, 4.69) is 0 Å². The van der Waals surface area contributed by atoms with Gasteiger partial charge in [-0.2, -0.15) is 0 Å². The molecule has 0 spiro atoms. The van der Waals surface area contributed by atoms with E-state index in [1.807, 2.05) is 30.3 Å². The summed E-state index contributed by atoms with van der Waals surface area (Å²) in [7, 11) is 1.59. The van der Waals surface area contributed by atoms with Crippen LogP contribution in [0.15, 0.2) is 30.3 Å². The molecule has 0 aliphatic carbocycles. The van der Waals surface area contributed by atoms with Crippen LogP contribution >= 0.6 is 0 Å². The molecule has 1 saturated heterocycles. The van der Waals surface area contributed by atoms with Crippen LogP contribution in [-0.4, -0.2) is 37.3 Å². The van der Waals surface area contributed by atoms with Gasteiger partial charge in [-0.3, -0.25) is 0 Å². The highest BCUT2D eigenvalue weighted by atomic mass is 16.7. The number of ether oxygens (including phenoxy) is 3. The van der Waals surface area contributed by atoms with Gasteiger partial charge in [0, 0.05) is 13.5 Å². The van der Waals surface area contributed by atoms with E-state index < -0.39 is 6.10 Å². The molecule has 1 heterocycles. The summed E-state index contributed by atoms with van der Waals surface area (Å²) >= 11 is 0. The number of methoxy groups -OCH3 is 1. The molecular formula is C13H18O4. The van der Waals surface area contributed by atoms with Gasteiger partial charge in [-0.15, -0.1) is 0 Å². The molecule has 0 bridgehead atoms. The van der Waals surface area contributed by atoms with E-state index in [4.69, 9.17) is 14.2 Å². The van der Waals surface area contributed by atoms with Crippen molar-refractivity contribution in [1.82, 2.24) is 0 Å². The lowest BCUT2D eigenvalue weighted by molar-refractivity contribution is -0.225. The normalized spacial score (nSPS) is 29.2. The van der Waals surface area contributed by atoms with E-state index in [1.165, 1.54) is 0 Å². The Kier molecular flexibility index (Phi) is 4.50. The molecule has 0 amide bonds. The lowest BCUT2D eigenvalue weighted by atomic mass is 10.1. The second kappa shape index (κ2) is 6.12. The number of aliphatic hydroxyl groups is 1. The molecule has 3 atom stereocenters. The lowest BCUT2D eigenvalue weighted by Crippen LogP contribution is -2.43. The molecule has 4 heteroatoms. The Morgan fingerprint density at radius 1 is 1.35 bits per heavy atom. The fraction of sp³-hybridized carbons (Fsp3) is 0.538. The number of benzene rings is 1. The molecule has 17 heavy (non-hydrogen) atoms. The van der Waals surface area contributed by atoms with Gasteiger partial charge in [-0.25, -0.2) is 0 Å². The van der Waals surface area contributed by atoms with Crippen molar-refractivity contribution in [3.8, 4) is 0 Å². The molecule has 0 radical (unpaired) electrons. The quantitative estimate of drug-likeness (QED) is 0.859. The zero-order valence-corrected chi connectivity index (χ0v) is 9.91. The van der Waals surface area contributed by atoms with Gasteiger partial charge >= 0.3 is 0 Å². The summed E-state index contributed by atoms with van der Waals surface area (Å²) in [6, 6.07) is 9.93. The first-order valence-corrected chi connectivity index (χ1v) is 5.77. The third-order valence-electron chi connectivity index (χ3n) is 2.89. The summed E-state index contributed by atoms with van der Waals surface area (Å²) in [6.45, 7) is 0.774. The maximum absolute atomic E-state index is 9.57. The van der Waals surface area contributed by atoms with Crippen LogP contribution in [-0.2, 0) is 20.8 Å². The molecule has 1 N–H and O–H groups in total. The number of hydrogen-bond donors (Lipinski definition) is 1. The zero-order chi connectivity index (χ0) is 12.1. The minimum absolute atomic E-state index is 0.204. The van der Waals surface area contributed by atoms with E-state index in [-0.39, 0.29) is 19.0 Å². The first kappa shape index (κ1) is 12.5. The predicted molar refractivity (Wildman–Crippen MR) is 62.4 cm³/mol. The van der Waals surface area contributed by atoms with Gasteiger partial charge in [-0.1, -0.05) is 30.3 Å². The maximum Gasteiger partial charge on any atom is 0.160 e. The van der Waals surface area contributed by atoms with Crippen LogP contribution in [0, 0.1) is 0 Å². The van der Waals surface area contributed by atoms with Gasteiger partial charge in [0.25, 0.3) is 0 Å². The molecule has 0 aromatic heterocycles. The van der Waals surface area contributed by atoms with E-state index in [1.54, 1.807) is 7.11 Å². The topological polar surface area (TPSA) is 47.9 Å². The average Bonchev–Trinajstić information content (AvgIpc) is 2.39. The first-order valence-electron chi connectivity index (χ1n) is 5.77. The molecule has 1 aromatic carbocycles. The van der Waals surface area contributed by atoms with Gasteiger partial charge in [0.2, 0.25) is 0 Å². The summed E-state index contributed by atoms with van der Waals surface area (Å²) in [5, 5.41) is 9.57. The SMILES string of the molecule is CO[C@H]1C[C@H](OCc2ccccc2)OC[C@@H]1O. The molecule has 0 unspecified atom stereocenters. The largest absolute Gasteiger partial charge is 0.388 e. The van der Waals surface area contributed by atoms with Crippen LogP contribution in [0.5, 0.6) is 0 Å². The van der Waals surface area contributed by atoms with Crippen molar-refractivity contribution < 1.29 is 19.3 Å². The average molecular weight is 238 g/mol. The van der Waals surface area contributed by atoms with E-state index in [0.717, 1.165) is 5.56 Å². The highest BCUT2D eigenvalue weighted by Crippen LogP contribution is 2.19. The van der Waals surface area contributed by atoms with E-state index in [0.29, 0.717) is 13.0 Å². The Bertz CT molecular complexity index is 327. The Morgan fingerprint density at radius 2 is 2.12 bits per heavy atom. The van der Waals surface area contributed by atoms with Gasteiger partial charge in [0.15, 0.2) is 6.29 Å². The zero-order valence-electron chi connectivity index (χ0n) is 9.91.